The van der Waals surface area contributed by atoms with Crippen LogP contribution in [0.1, 0.15) is 40.5 Å². The van der Waals surface area contributed by atoms with Gasteiger partial charge < -0.3 is 0 Å². The second-order valence-corrected chi connectivity index (χ2v) is 6.95. The van der Waals surface area contributed by atoms with Gasteiger partial charge in [-0.15, -0.1) is 0 Å². The van der Waals surface area contributed by atoms with Crippen molar-refractivity contribution in [2.75, 3.05) is 0 Å². The van der Waals surface area contributed by atoms with Crippen molar-refractivity contribution in [3.63, 3.8) is 0 Å². The molecule has 1 atom stereocenters. The van der Waals surface area contributed by atoms with Crippen LogP contribution in [0.15, 0.2) is 4.40 Å². The third kappa shape index (κ3) is 2.42. The zero-order valence-corrected chi connectivity index (χ0v) is 9.94. The number of rotatable bonds is 1. The van der Waals surface area contributed by atoms with Crippen molar-refractivity contribution in [1.82, 2.24) is 0 Å². The van der Waals surface area contributed by atoms with Gasteiger partial charge in [0.1, 0.15) is 11.0 Å². The number of hydrogen-bond donors (Lipinski definition) is 0. The van der Waals surface area contributed by atoms with Crippen molar-refractivity contribution >= 4 is 16.7 Å². The van der Waals surface area contributed by atoms with E-state index in [-0.39, 0.29) is 10.2 Å². The number of hydrogen-bond acceptors (Lipinski definition) is 2. The van der Waals surface area contributed by atoms with Gasteiger partial charge in [0.05, 0.1) is 16.2 Å². The minimum atomic E-state index is -1.17. The zero-order valence-electron chi connectivity index (χ0n) is 9.13. The lowest BCUT2D eigenvalue weighted by atomic mass is 9.70. The zero-order chi connectivity index (χ0) is 11.0. The van der Waals surface area contributed by atoms with Gasteiger partial charge in [-0.05, 0) is 27.7 Å². The quantitative estimate of drug-likeness (QED) is 0.669. The average Bonchev–Trinajstić information content (AvgIpc) is 1.99. The fraction of sp³-hybridized carbons (Fsp3) is 0.800. The molecule has 0 aromatic heterocycles. The lowest BCUT2D eigenvalue weighted by Gasteiger charge is -2.33. The third-order valence-electron chi connectivity index (χ3n) is 2.19. The van der Waals surface area contributed by atoms with Gasteiger partial charge in [0.2, 0.25) is 0 Å². The maximum absolute atomic E-state index is 11.6. The number of nitrogens with zero attached hydrogens (tertiary/aromatic N) is 2. The van der Waals surface area contributed by atoms with Crippen LogP contribution in [0, 0.1) is 16.7 Å². The van der Waals surface area contributed by atoms with Gasteiger partial charge in [-0.3, -0.25) is 0 Å². The fourth-order valence-corrected chi connectivity index (χ4v) is 1.88. The highest BCUT2D eigenvalue weighted by Crippen LogP contribution is 2.38. The van der Waals surface area contributed by atoms with Crippen molar-refractivity contribution in [2.24, 2.45) is 9.81 Å². The molecule has 78 valence electrons. The summed E-state index contributed by atoms with van der Waals surface area (Å²) in [7, 11) is -1.17. The van der Waals surface area contributed by atoms with E-state index in [1.54, 1.807) is 0 Å². The molecule has 0 bridgehead atoms. The molecule has 1 fully saturated rings. The normalized spacial score (nSPS) is 28.9. The van der Waals surface area contributed by atoms with Crippen LogP contribution in [-0.2, 0) is 11.0 Å². The highest BCUT2D eigenvalue weighted by atomic mass is 32.2. The molecular weight excluding hydrogens is 196 g/mol. The molecule has 0 aromatic carbocycles. The Kier molecular flexibility index (Phi) is 2.82. The smallest absolute Gasteiger partial charge is 0.144 e. The predicted molar refractivity (Wildman–Crippen MR) is 58.3 cm³/mol. The first-order chi connectivity index (χ1) is 6.27. The summed E-state index contributed by atoms with van der Waals surface area (Å²) in [5.41, 5.74) is 0.656. The molecular formula is C10H16N2OS. The van der Waals surface area contributed by atoms with Gasteiger partial charge >= 0.3 is 0 Å². The van der Waals surface area contributed by atoms with Crippen LogP contribution in [-0.4, -0.2) is 14.7 Å². The fourth-order valence-electron chi connectivity index (χ4n) is 1.25. The monoisotopic (exact) mass is 212 g/mol. The maximum atomic E-state index is 11.6. The van der Waals surface area contributed by atoms with Gasteiger partial charge in [0.15, 0.2) is 0 Å². The van der Waals surface area contributed by atoms with E-state index in [1.165, 1.54) is 0 Å². The molecule has 1 aliphatic rings. The summed E-state index contributed by atoms with van der Waals surface area (Å²) in [6.45, 7) is 7.60. The standard InChI is InChI=1S/C10H16N2OS/c1-9(2,3)14(13)12-8-5-10(4,6-8)7-11/h5-6H2,1-4H3/t10?,14-/m1/s1. The second-order valence-electron chi connectivity index (χ2n) is 5.05. The maximum Gasteiger partial charge on any atom is 0.144 e. The molecule has 0 radical (unpaired) electrons. The van der Waals surface area contributed by atoms with Crippen molar-refractivity contribution < 1.29 is 4.21 Å². The van der Waals surface area contributed by atoms with E-state index in [0.717, 1.165) is 5.71 Å². The Balaban J connectivity index is 2.61. The van der Waals surface area contributed by atoms with E-state index in [1.807, 2.05) is 27.7 Å². The van der Waals surface area contributed by atoms with Crippen molar-refractivity contribution in [3.05, 3.63) is 0 Å². The van der Waals surface area contributed by atoms with E-state index in [9.17, 15) is 4.21 Å². The van der Waals surface area contributed by atoms with Gasteiger partial charge in [0, 0.05) is 18.6 Å². The van der Waals surface area contributed by atoms with Crippen LogP contribution in [0.2, 0.25) is 0 Å². The Morgan fingerprint density at radius 3 is 2.36 bits per heavy atom. The molecule has 1 rings (SSSR count). The highest BCUT2D eigenvalue weighted by Gasteiger charge is 2.38. The molecule has 14 heavy (non-hydrogen) atoms. The Hall–Kier alpha value is -0.690. The van der Waals surface area contributed by atoms with Crippen LogP contribution >= 0.6 is 0 Å². The Morgan fingerprint density at radius 2 is 2.00 bits per heavy atom. The first-order valence-corrected chi connectivity index (χ1v) is 5.77. The Morgan fingerprint density at radius 1 is 1.50 bits per heavy atom. The Labute approximate surface area is 87.8 Å². The summed E-state index contributed by atoms with van der Waals surface area (Å²) >= 11 is 0. The molecule has 0 amide bonds. The second kappa shape index (κ2) is 3.47. The van der Waals surface area contributed by atoms with E-state index in [0.29, 0.717) is 12.8 Å². The van der Waals surface area contributed by atoms with E-state index in [2.05, 4.69) is 10.5 Å². The van der Waals surface area contributed by atoms with Crippen molar-refractivity contribution in [1.29, 1.82) is 5.26 Å². The van der Waals surface area contributed by atoms with Crippen molar-refractivity contribution in [3.8, 4) is 6.07 Å². The molecule has 0 unspecified atom stereocenters. The van der Waals surface area contributed by atoms with Crippen LogP contribution in [0.25, 0.3) is 0 Å². The minimum Gasteiger partial charge on any atom is -0.234 e. The molecule has 4 heteroatoms. The summed E-state index contributed by atoms with van der Waals surface area (Å²) in [5, 5.41) is 8.78. The molecule has 3 nitrogen and oxygen atoms in total. The summed E-state index contributed by atoms with van der Waals surface area (Å²) in [5.74, 6) is 0. The highest BCUT2D eigenvalue weighted by molar-refractivity contribution is 7.85. The van der Waals surface area contributed by atoms with E-state index in [4.69, 9.17) is 5.26 Å². The van der Waals surface area contributed by atoms with Crippen LogP contribution in [0.4, 0.5) is 0 Å². The summed E-state index contributed by atoms with van der Waals surface area (Å²) in [6, 6.07) is 2.24. The largest absolute Gasteiger partial charge is 0.234 e. The van der Waals surface area contributed by atoms with Gasteiger partial charge in [-0.25, -0.2) is 4.21 Å². The first-order valence-electron chi connectivity index (χ1n) is 4.66. The summed E-state index contributed by atoms with van der Waals surface area (Å²) in [6.07, 6.45) is 1.34. The average molecular weight is 212 g/mol. The Bertz CT molecular complexity index is 325. The lowest BCUT2D eigenvalue weighted by molar-refractivity contribution is 0.415. The van der Waals surface area contributed by atoms with Crippen LogP contribution in [0.3, 0.4) is 0 Å². The first kappa shape index (κ1) is 11.4. The predicted octanol–water partition coefficient (Wildman–Crippen LogP) is 2.21. The summed E-state index contributed by atoms with van der Waals surface area (Å²) < 4.78 is 15.4. The molecule has 0 spiro atoms. The van der Waals surface area contributed by atoms with E-state index < -0.39 is 11.0 Å². The molecule has 0 aliphatic heterocycles. The topological polar surface area (TPSA) is 53.2 Å². The lowest BCUT2D eigenvalue weighted by Crippen LogP contribution is -2.34. The summed E-state index contributed by atoms with van der Waals surface area (Å²) in [4.78, 5) is 0. The van der Waals surface area contributed by atoms with Gasteiger partial charge in [0.25, 0.3) is 0 Å². The van der Waals surface area contributed by atoms with Crippen LogP contribution in [0.5, 0.6) is 0 Å². The molecule has 0 saturated heterocycles. The molecule has 0 aromatic rings. The molecule has 1 saturated carbocycles. The third-order valence-corrected chi connectivity index (χ3v) is 3.67. The number of nitriles is 1. The minimum absolute atomic E-state index is 0.263. The van der Waals surface area contributed by atoms with Crippen LogP contribution < -0.4 is 0 Å². The molecule has 0 heterocycles. The SMILES string of the molecule is CC1(C#N)CC(=N[S@](=O)C(C)(C)C)C1. The van der Waals surface area contributed by atoms with Gasteiger partial charge in [-0.2, -0.15) is 9.66 Å². The van der Waals surface area contributed by atoms with Gasteiger partial charge in [-0.1, -0.05) is 0 Å². The molecule has 1 aliphatic carbocycles. The van der Waals surface area contributed by atoms with Crippen molar-refractivity contribution in [2.45, 2.75) is 45.3 Å². The molecule has 0 N–H and O–H groups in total. The van der Waals surface area contributed by atoms with E-state index >= 15 is 0 Å².